The maximum absolute atomic E-state index is 14.4. The Kier molecular flexibility index (Phi) is 14.2. The summed E-state index contributed by atoms with van der Waals surface area (Å²) in [4.78, 5) is 31.4. The number of ether oxygens (including phenoxy) is 3. The van der Waals surface area contributed by atoms with Gasteiger partial charge in [-0.05, 0) is 101 Å². The van der Waals surface area contributed by atoms with Gasteiger partial charge in [-0.2, -0.15) is 0 Å². The highest BCUT2D eigenvalue weighted by atomic mass is 16.5. The summed E-state index contributed by atoms with van der Waals surface area (Å²) >= 11 is 0. The summed E-state index contributed by atoms with van der Waals surface area (Å²) < 4.78 is 18.1. The van der Waals surface area contributed by atoms with Crippen LogP contribution in [-0.2, 0) is 4.74 Å². The Balaban J connectivity index is 1.55. The number of aliphatic hydroxyl groups excluding tert-OH is 1. The van der Waals surface area contributed by atoms with Crippen molar-refractivity contribution in [2.45, 2.75) is 90.4 Å². The van der Waals surface area contributed by atoms with Gasteiger partial charge in [-0.3, -0.25) is 4.79 Å². The maximum atomic E-state index is 14.4. The Hall–Kier alpha value is -3.34. The molecule has 2 aliphatic rings. The van der Waals surface area contributed by atoms with Gasteiger partial charge in [0, 0.05) is 43.5 Å². The van der Waals surface area contributed by atoms with Crippen molar-refractivity contribution in [3.63, 3.8) is 0 Å². The lowest BCUT2D eigenvalue weighted by atomic mass is 9.89. The molecule has 10 heteroatoms. The van der Waals surface area contributed by atoms with Crippen molar-refractivity contribution in [3.8, 4) is 11.5 Å². The summed E-state index contributed by atoms with van der Waals surface area (Å²) in [5.74, 6) is 1.64. The molecule has 2 aromatic rings. The molecule has 0 radical (unpaired) electrons. The molecule has 0 aromatic heterocycles. The number of urea groups is 1. The zero-order valence-electron chi connectivity index (χ0n) is 29.0. The topological polar surface area (TPSA) is 113 Å². The summed E-state index contributed by atoms with van der Waals surface area (Å²) in [5, 5.41) is 15.9. The standard InChI is InChI=1S/C37H56N4O6/c1-26-22-41(27(2)25-42)36(43)33-21-31(39-37(44)38-30-14-17-32(45-5)18-15-30)16-19-34(33)47-28(3)11-9-10-20-46-35(26)24-40(4)23-29-12-7-6-8-13-29/h14-19,21,26-29,35,42H,6-13,20,22-25H2,1-5H3,(H2,38,39,44)/t26-,27-,28-,35+/m1/s1. The van der Waals surface area contributed by atoms with E-state index < -0.39 is 12.1 Å². The predicted octanol–water partition coefficient (Wildman–Crippen LogP) is 6.65. The van der Waals surface area contributed by atoms with Crippen LogP contribution in [0.3, 0.4) is 0 Å². The van der Waals surface area contributed by atoms with Gasteiger partial charge in [-0.1, -0.05) is 26.2 Å². The van der Waals surface area contributed by atoms with Crippen LogP contribution in [0, 0.1) is 11.8 Å². The zero-order valence-corrected chi connectivity index (χ0v) is 29.0. The summed E-state index contributed by atoms with van der Waals surface area (Å²) in [6.45, 7) is 8.74. The average molecular weight is 653 g/mol. The Morgan fingerprint density at radius 2 is 1.68 bits per heavy atom. The van der Waals surface area contributed by atoms with Gasteiger partial charge in [0.1, 0.15) is 11.5 Å². The Morgan fingerprint density at radius 3 is 2.38 bits per heavy atom. The number of fused-ring (bicyclic) bond motifs is 1. The molecule has 0 spiro atoms. The minimum absolute atomic E-state index is 0.0181. The van der Waals surface area contributed by atoms with Crippen molar-refractivity contribution in [3.05, 3.63) is 48.0 Å². The van der Waals surface area contributed by atoms with Crippen LogP contribution in [0.25, 0.3) is 0 Å². The highest BCUT2D eigenvalue weighted by Crippen LogP contribution is 2.29. The third-order valence-corrected chi connectivity index (χ3v) is 9.44. The van der Waals surface area contributed by atoms with E-state index in [4.69, 9.17) is 14.2 Å². The van der Waals surface area contributed by atoms with Gasteiger partial charge in [0.2, 0.25) is 0 Å². The normalized spacial score (nSPS) is 22.5. The number of carbonyl (C=O) groups excluding carboxylic acids is 2. The van der Waals surface area contributed by atoms with Gasteiger partial charge >= 0.3 is 6.03 Å². The molecular weight excluding hydrogens is 596 g/mol. The van der Waals surface area contributed by atoms with Gasteiger partial charge in [0.05, 0.1) is 37.5 Å². The van der Waals surface area contributed by atoms with Crippen LogP contribution in [0.15, 0.2) is 42.5 Å². The largest absolute Gasteiger partial charge is 0.497 e. The minimum Gasteiger partial charge on any atom is -0.497 e. The number of likely N-dealkylation sites (N-methyl/N-ethyl adjacent to an activating group) is 1. The van der Waals surface area contributed by atoms with Crippen LogP contribution in [0.2, 0.25) is 0 Å². The van der Waals surface area contributed by atoms with E-state index in [0.717, 1.165) is 38.3 Å². The second-order valence-electron chi connectivity index (χ2n) is 13.5. The smallest absolute Gasteiger partial charge is 0.323 e. The molecule has 47 heavy (non-hydrogen) atoms. The van der Waals surface area contributed by atoms with Crippen LogP contribution < -0.4 is 20.1 Å². The lowest BCUT2D eigenvalue weighted by Gasteiger charge is -2.36. The summed E-state index contributed by atoms with van der Waals surface area (Å²) in [7, 11) is 3.77. The molecule has 1 fully saturated rings. The number of nitrogens with zero attached hydrogens (tertiary/aromatic N) is 2. The number of aliphatic hydroxyl groups is 1. The van der Waals surface area contributed by atoms with Crippen molar-refractivity contribution in [1.29, 1.82) is 0 Å². The van der Waals surface area contributed by atoms with Crippen LogP contribution in [0.5, 0.6) is 11.5 Å². The lowest BCUT2D eigenvalue weighted by Crippen LogP contribution is -2.47. The lowest BCUT2D eigenvalue weighted by molar-refractivity contribution is -0.0190. The number of carbonyl (C=O) groups is 2. The molecule has 10 nitrogen and oxygen atoms in total. The van der Waals surface area contributed by atoms with E-state index in [1.807, 2.05) is 13.8 Å². The van der Waals surface area contributed by atoms with Gasteiger partial charge in [-0.25, -0.2) is 4.79 Å². The average Bonchev–Trinajstić information content (AvgIpc) is 3.06. The molecule has 260 valence electrons. The molecule has 1 saturated carbocycles. The van der Waals surface area contributed by atoms with Crippen molar-refractivity contribution < 1.29 is 28.9 Å². The van der Waals surface area contributed by atoms with E-state index in [0.29, 0.717) is 41.6 Å². The van der Waals surface area contributed by atoms with Crippen LogP contribution in [0.1, 0.15) is 82.5 Å². The molecule has 2 aromatic carbocycles. The van der Waals surface area contributed by atoms with Crippen molar-refractivity contribution in [2.75, 3.05) is 57.6 Å². The van der Waals surface area contributed by atoms with E-state index >= 15 is 0 Å². The number of nitrogens with one attached hydrogen (secondary N) is 2. The van der Waals surface area contributed by atoms with Gasteiger partial charge in [0.15, 0.2) is 0 Å². The van der Waals surface area contributed by atoms with Crippen molar-refractivity contribution >= 4 is 23.3 Å². The van der Waals surface area contributed by atoms with Gasteiger partial charge in [-0.15, -0.1) is 0 Å². The molecule has 1 heterocycles. The number of hydrogen-bond acceptors (Lipinski definition) is 7. The van der Waals surface area contributed by atoms with E-state index in [1.54, 1.807) is 54.5 Å². The third-order valence-electron chi connectivity index (χ3n) is 9.44. The van der Waals surface area contributed by atoms with Crippen molar-refractivity contribution in [1.82, 2.24) is 9.80 Å². The first-order chi connectivity index (χ1) is 22.7. The van der Waals surface area contributed by atoms with Crippen molar-refractivity contribution in [2.24, 2.45) is 11.8 Å². The number of hydrogen-bond donors (Lipinski definition) is 3. The quantitative estimate of drug-likeness (QED) is 0.278. The number of anilines is 2. The second kappa shape index (κ2) is 18.3. The number of benzene rings is 2. The van der Waals surface area contributed by atoms with Crippen LogP contribution in [-0.4, -0.2) is 92.1 Å². The molecular formula is C37H56N4O6. The first kappa shape index (κ1) is 36.5. The fourth-order valence-electron chi connectivity index (χ4n) is 6.62. The molecule has 3 amide bonds. The van der Waals surface area contributed by atoms with Crippen LogP contribution >= 0.6 is 0 Å². The molecule has 4 atom stereocenters. The first-order valence-electron chi connectivity index (χ1n) is 17.4. The highest BCUT2D eigenvalue weighted by molar-refractivity contribution is 6.02. The molecule has 0 saturated heterocycles. The monoisotopic (exact) mass is 652 g/mol. The summed E-state index contributed by atoms with van der Waals surface area (Å²) in [6, 6.07) is 11.3. The highest BCUT2D eigenvalue weighted by Gasteiger charge is 2.31. The van der Waals surface area contributed by atoms with Crippen LogP contribution in [0.4, 0.5) is 16.2 Å². The minimum atomic E-state index is -0.440. The maximum Gasteiger partial charge on any atom is 0.323 e. The molecule has 0 unspecified atom stereocenters. The number of rotatable bonds is 9. The van der Waals surface area contributed by atoms with E-state index in [2.05, 4.69) is 29.5 Å². The van der Waals surface area contributed by atoms with E-state index in [1.165, 1.54) is 32.1 Å². The SMILES string of the molecule is COc1ccc(NC(=O)Nc2ccc3c(c2)C(=O)N([C@H](C)CO)C[C@@H](C)[C@H](CN(C)CC2CCCCC2)OCCCC[C@@H](C)O3)cc1. The van der Waals surface area contributed by atoms with Gasteiger partial charge in [0.25, 0.3) is 5.91 Å². The Labute approximate surface area is 281 Å². The fraction of sp³-hybridized carbons (Fsp3) is 0.622. The molecule has 0 bridgehead atoms. The van der Waals surface area contributed by atoms with E-state index in [-0.39, 0.29) is 30.6 Å². The summed E-state index contributed by atoms with van der Waals surface area (Å²) in [5.41, 5.74) is 1.40. The molecule has 1 aliphatic heterocycles. The molecule has 1 aliphatic carbocycles. The first-order valence-corrected chi connectivity index (χ1v) is 17.4. The molecule has 4 rings (SSSR count). The summed E-state index contributed by atoms with van der Waals surface area (Å²) in [6.07, 6.45) is 9.08. The van der Waals surface area contributed by atoms with Gasteiger partial charge < -0.3 is 39.8 Å². The number of methoxy groups -OCH3 is 1. The Bertz CT molecular complexity index is 1270. The third kappa shape index (κ3) is 11.1. The van der Waals surface area contributed by atoms with E-state index in [9.17, 15) is 14.7 Å². The second-order valence-corrected chi connectivity index (χ2v) is 13.5. The fourth-order valence-corrected chi connectivity index (χ4v) is 6.62. The Morgan fingerprint density at radius 1 is 1.00 bits per heavy atom. The zero-order chi connectivity index (χ0) is 33.8. The molecule has 3 N–H and O–H groups in total. The predicted molar refractivity (Wildman–Crippen MR) is 187 cm³/mol. The number of amides is 3.